The van der Waals surface area contributed by atoms with E-state index in [0.717, 1.165) is 54.9 Å². The van der Waals surface area contributed by atoms with Crippen LogP contribution in [0.25, 0.3) is 5.69 Å². The van der Waals surface area contributed by atoms with Crippen molar-refractivity contribution in [3.8, 4) is 5.69 Å². The van der Waals surface area contributed by atoms with E-state index in [-0.39, 0.29) is 5.91 Å². The Hall–Kier alpha value is -3.26. The molecule has 1 amide bonds. The number of nitrogens with zero attached hydrogens (tertiary/aromatic N) is 6. The van der Waals surface area contributed by atoms with E-state index in [1.807, 2.05) is 36.7 Å². The number of carbonyl (C=O) groups excluding carboxylic acids is 1. The molecule has 30 heavy (non-hydrogen) atoms. The van der Waals surface area contributed by atoms with Crippen LogP contribution < -0.4 is 10.2 Å². The van der Waals surface area contributed by atoms with Gasteiger partial charge in [0, 0.05) is 38.6 Å². The van der Waals surface area contributed by atoms with E-state index >= 15 is 0 Å². The third kappa shape index (κ3) is 4.33. The Morgan fingerprint density at radius 2 is 1.67 bits per heavy atom. The zero-order chi connectivity index (χ0) is 21.1. The van der Waals surface area contributed by atoms with Crippen LogP contribution >= 0.6 is 0 Å². The molecular weight excluding hydrogens is 378 g/mol. The first kappa shape index (κ1) is 20.0. The minimum absolute atomic E-state index is 0.0194. The molecule has 1 aliphatic heterocycles. The molecule has 3 heterocycles. The summed E-state index contributed by atoms with van der Waals surface area (Å²) in [4.78, 5) is 25.6. The zero-order valence-electron chi connectivity index (χ0n) is 17.7. The van der Waals surface area contributed by atoms with Crippen LogP contribution in [0, 0.1) is 20.8 Å². The summed E-state index contributed by atoms with van der Waals surface area (Å²) < 4.78 is 1.88. The molecule has 1 fully saturated rings. The highest BCUT2D eigenvalue weighted by atomic mass is 16.2. The molecule has 0 spiro atoms. The van der Waals surface area contributed by atoms with Crippen LogP contribution in [-0.4, -0.2) is 63.3 Å². The third-order valence-corrected chi connectivity index (χ3v) is 5.41. The van der Waals surface area contributed by atoms with Crippen LogP contribution in [-0.2, 0) is 4.79 Å². The molecule has 1 N–H and O–H groups in total. The molecule has 0 radical (unpaired) electrons. The maximum absolute atomic E-state index is 12.7. The number of amides is 1. The lowest BCUT2D eigenvalue weighted by atomic mass is 10.2. The van der Waals surface area contributed by atoms with E-state index in [2.05, 4.69) is 49.2 Å². The van der Waals surface area contributed by atoms with E-state index in [4.69, 9.17) is 0 Å². The fraction of sp³-hybridized carbons (Fsp3) is 0.364. The molecule has 1 aliphatic rings. The molecule has 0 aliphatic carbocycles. The lowest BCUT2D eigenvalue weighted by Crippen LogP contribution is -2.49. The Morgan fingerprint density at radius 3 is 2.33 bits per heavy atom. The van der Waals surface area contributed by atoms with E-state index in [0.29, 0.717) is 6.54 Å². The average Bonchev–Trinajstić information content (AvgIpc) is 3.04. The van der Waals surface area contributed by atoms with Crippen molar-refractivity contribution in [2.45, 2.75) is 20.8 Å². The Morgan fingerprint density at radius 1 is 1.00 bits per heavy atom. The first-order valence-electron chi connectivity index (χ1n) is 10.2. The first-order chi connectivity index (χ1) is 14.5. The Balaban J connectivity index is 1.36. The van der Waals surface area contributed by atoms with Crippen molar-refractivity contribution in [2.75, 3.05) is 42.9 Å². The number of hydrogen-bond donors (Lipinski definition) is 1. The predicted molar refractivity (Wildman–Crippen MR) is 117 cm³/mol. The van der Waals surface area contributed by atoms with E-state index < -0.39 is 0 Å². The summed E-state index contributed by atoms with van der Waals surface area (Å²) in [6.07, 6.45) is 3.51. The highest BCUT2D eigenvalue weighted by Gasteiger charge is 2.22. The van der Waals surface area contributed by atoms with Crippen LogP contribution in [0.2, 0.25) is 0 Å². The molecule has 2 aromatic heterocycles. The Labute approximate surface area is 176 Å². The summed E-state index contributed by atoms with van der Waals surface area (Å²) >= 11 is 0. The van der Waals surface area contributed by atoms with Gasteiger partial charge in [-0.15, -0.1) is 0 Å². The van der Waals surface area contributed by atoms with Gasteiger partial charge in [-0.05, 0) is 39.0 Å². The lowest BCUT2D eigenvalue weighted by Gasteiger charge is -2.34. The second-order valence-corrected chi connectivity index (χ2v) is 7.65. The maximum atomic E-state index is 12.7. The van der Waals surface area contributed by atoms with Crippen LogP contribution in [0.15, 0.2) is 42.7 Å². The van der Waals surface area contributed by atoms with Gasteiger partial charge in [0.15, 0.2) is 0 Å². The first-order valence-corrected chi connectivity index (χ1v) is 10.2. The standard InChI is InChI=1S/C22H27N7O/c1-16-5-7-19(8-6-16)29-18(3)21(17(2)26-29)25-20(30)15-27-11-13-28(14-12-27)22-23-9-4-10-24-22/h4-10H,11-15H2,1-3H3,(H,25,30). The number of rotatable bonds is 5. The predicted octanol–water partition coefficient (Wildman–Crippen LogP) is 2.35. The monoisotopic (exact) mass is 405 g/mol. The number of benzene rings is 1. The molecule has 4 rings (SSSR count). The summed E-state index contributed by atoms with van der Waals surface area (Å²) in [5.41, 5.74) is 4.72. The Bertz CT molecular complexity index is 1010. The smallest absolute Gasteiger partial charge is 0.238 e. The summed E-state index contributed by atoms with van der Waals surface area (Å²) in [7, 11) is 0. The van der Waals surface area contributed by atoms with Gasteiger partial charge >= 0.3 is 0 Å². The van der Waals surface area contributed by atoms with E-state index in [1.165, 1.54) is 5.56 Å². The molecular formula is C22H27N7O. The molecule has 0 atom stereocenters. The number of piperazine rings is 1. The van der Waals surface area contributed by atoms with Crippen molar-refractivity contribution in [1.82, 2.24) is 24.6 Å². The number of nitrogens with one attached hydrogen (secondary N) is 1. The quantitative estimate of drug-likeness (QED) is 0.702. The van der Waals surface area contributed by atoms with Gasteiger partial charge in [-0.2, -0.15) is 5.10 Å². The van der Waals surface area contributed by atoms with Gasteiger partial charge < -0.3 is 10.2 Å². The van der Waals surface area contributed by atoms with Crippen molar-refractivity contribution in [2.24, 2.45) is 0 Å². The fourth-order valence-electron chi connectivity index (χ4n) is 3.70. The number of aryl methyl sites for hydroxylation is 2. The van der Waals surface area contributed by atoms with Gasteiger partial charge in [0.05, 0.1) is 29.3 Å². The molecule has 1 saturated heterocycles. The van der Waals surface area contributed by atoms with Gasteiger partial charge in [0.2, 0.25) is 11.9 Å². The third-order valence-electron chi connectivity index (χ3n) is 5.41. The fourth-order valence-corrected chi connectivity index (χ4v) is 3.70. The van der Waals surface area contributed by atoms with Gasteiger partial charge in [-0.25, -0.2) is 14.6 Å². The van der Waals surface area contributed by atoms with Gasteiger partial charge in [-0.3, -0.25) is 9.69 Å². The van der Waals surface area contributed by atoms with Gasteiger partial charge in [0.25, 0.3) is 0 Å². The van der Waals surface area contributed by atoms with Gasteiger partial charge in [0.1, 0.15) is 0 Å². The van der Waals surface area contributed by atoms with Crippen molar-refractivity contribution in [3.05, 3.63) is 59.7 Å². The van der Waals surface area contributed by atoms with Crippen LogP contribution in [0.3, 0.4) is 0 Å². The number of anilines is 2. The summed E-state index contributed by atoms with van der Waals surface area (Å²) in [5, 5.41) is 7.69. The number of carbonyl (C=O) groups is 1. The maximum Gasteiger partial charge on any atom is 0.238 e. The summed E-state index contributed by atoms with van der Waals surface area (Å²) in [6.45, 7) is 9.53. The lowest BCUT2D eigenvalue weighted by molar-refractivity contribution is -0.117. The van der Waals surface area contributed by atoms with Gasteiger partial charge in [-0.1, -0.05) is 17.7 Å². The van der Waals surface area contributed by atoms with Crippen LogP contribution in [0.5, 0.6) is 0 Å². The largest absolute Gasteiger partial charge is 0.338 e. The zero-order valence-corrected chi connectivity index (χ0v) is 17.7. The number of aromatic nitrogens is 4. The Kier molecular flexibility index (Phi) is 5.76. The minimum Gasteiger partial charge on any atom is -0.338 e. The normalized spacial score (nSPS) is 14.7. The van der Waals surface area contributed by atoms with Crippen molar-refractivity contribution >= 4 is 17.5 Å². The molecule has 156 valence electrons. The SMILES string of the molecule is Cc1ccc(-n2nc(C)c(NC(=O)CN3CCN(c4ncccn4)CC3)c2C)cc1. The van der Waals surface area contributed by atoms with Crippen molar-refractivity contribution in [1.29, 1.82) is 0 Å². The second-order valence-electron chi connectivity index (χ2n) is 7.65. The van der Waals surface area contributed by atoms with Crippen LogP contribution in [0.4, 0.5) is 11.6 Å². The molecule has 8 heteroatoms. The highest BCUT2D eigenvalue weighted by molar-refractivity contribution is 5.93. The summed E-state index contributed by atoms with van der Waals surface area (Å²) in [5.74, 6) is 0.727. The highest BCUT2D eigenvalue weighted by Crippen LogP contribution is 2.23. The molecule has 1 aromatic carbocycles. The number of hydrogen-bond acceptors (Lipinski definition) is 6. The summed E-state index contributed by atoms with van der Waals surface area (Å²) in [6, 6.07) is 10.0. The minimum atomic E-state index is -0.0194. The van der Waals surface area contributed by atoms with Crippen LogP contribution in [0.1, 0.15) is 17.0 Å². The van der Waals surface area contributed by atoms with Crippen molar-refractivity contribution < 1.29 is 4.79 Å². The average molecular weight is 406 g/mol. The molecule has 0 unspecified atom stereocenters. The topological polar surface area (TPSA) is 79.2 Å². The molecule has 8 nitrogen and oxygen atoms in total. The van der Waals surface area contributed by atoms with E-state index in [9.17, 15) is 4.79 Å². The van der Waals surface area contributed by atoms with Crippen molar-refractivity contribution in [3.63, 3.8) is 0 Å². The second kappa shape index (κ2) is 8.62. The molecule has 0 saturated carbocycles. The molecule has 3 aromatic rings. The molecule has 0 bridgehead atoms. The van der Waals surface area contributed by atoms with E-state index in [1.54, 1.807) is 12.4 Å².